The van der Waals surface area contributed by atoms with Gasteiger partial charge < -0.3 is 10.1 Å². The normalized spacial score (nSPS) is 17.3. The highest BCUT2D eigenvalue weighted by Crippen LogP contribution is 2.35. The van der Waals surface area contributed by atoms with E-state index < -0.39 is 0 Å². The molecule has 2 aromatic rings. The van der Waals surface area contributed by atoms with Crippen molar-refractivity contribution >= 4 is 0 Å². The van der Waals surface area contributed by atoms with E-state index in [1.54, 1.807) is 6.20 Å². The molecule has 3 rings (SSSR count). The molecule has 1 unspecified atom stereocenters. The highest BCUT2D eigenvalue weighted by molar-refractivity contribution is 5.43. The van der Waals surface area contributed by atoms with Gasteiger partial charge in [0, 0.05) is 24.9 Å². The molecule has 3 nitrogen and oxygen atoms in total. The summed E-state index contributed by atoms with van der Waals surface area (Å²) in [7, 11) is 2.04. The summed E-state index contributed by atoms with van der Waals surface area (Å²) in [6.45, 7) is 0.701. The first-order chi connectivity index (χ1) is 10.4. The molecule has 21 heavy (non-hydrogen) atoms. The minimum atomic E-state index is 0.468. The van der Waals surface area contributed by atoms with E-state index in [0.717, 1.165) is 18.6 Å². The van der Waals surface area contributed by atoms with E-state index in [2.05, 4.69) is 34.6 Å². The van der Waals surface area contributed by atoms with Crippen LogP contribution in [0.4, 0.5) is 0 Å². The van der Waals surface area contributed by atoms with Crippen LogP contribution in [0.25, 0.3) is 0 Å². The molecule has 1 atom stereocenters. The van der Waals surface area contributed by atoms with Gasteiger partial charge in [-0.25, -0.2) is 0 Å². The van der Waals surface area contributed by atoms with Gasteiger partial charge in [0.1, 0.15) is 5.75 Å². The molecule has 1 aromatic carbocycles. The minimum absolute atomic E-state index is 0.468. The van der Waals surface area contributed by atoms with Gasteiger partial charge in [0.05, 0.1) is 6.61 Å². The van der Waals surface area contributed by atoms with Crippen LogP contribution in [0.15, 0.2) is 42.7 Å². The third kappa shape index (κ3) is 3.24. The van der Waals surface area contributed by atoms with Crippen molar-refractivity contribution in [1.82, 2.24) is 10.3 Å². The van der Waals surface area contributed by atoms with Crippen LogP contribution in [0.1, 0.15) is 35.6 Å². The van der Waals surface area contributed by atoms with Crippen LogP contribution in [0.3, 0.4) is 0 Å². The fourth-order valence-corrected chi connectivity index (χ4v) is 3.08. The van der Waals surface area contributed by atoms with Gasteiger partial charge in [-0.3, -0.25) is 4.98 Å². The molecule has 3 heteroatoms. The molecule has 0 saturated carbocycles. The van der Waals surface area contributed by atoms with E-state index in [4.69, 9.17) is 4.74 Å². The van der Waals surface area contributed by atoms with E-state index in [1.807, 2.05) is 19.3 Å². The number of benzene rings is 1. The SMILES string of the molecule is CNC1CCCc2c(OCCc3cccnc3)cccc21. The van der Waals surface area contributed by atoms with Crippen LogP contribution in [0, 0.1) is 0 Å². The van der Waals surface area contributed by atoms with Crippen molar-refractivity contribution in [2.75, 3.05) is 13.7 Å². The molecular weight excluding hydrogens is 260 g/mol. The molecule has 0 saturated heterocycles. The molecule has 0 aliphatic heterocycles. The van der Waals surface area contributed by atoms with Gasteiger partial charge in [-0.1, -0.05) is 18.2 Å². The second-order valence-corrected chi connectivity index (χ2v) is 5.52. The molecule has 1 aliphatic carbocycles. The number of nitrogens with one attached hydrogen (secondary N) is 1. The van der Waals surface area contributed by atoms with E-state index >= 15 is 0 Å². The fraction of sp³-hybridized carbons (Fsp3) is 0.389. The number of hydrogen-bond acceptors (Lipinski definition) is 3. The van der Waals surface area contributed by atoms with Crippen LogP contribution in [0.2, 0.25) is 0 Å². The van der Waals surface area contributed by atoms with E-state index in [9.17, 15) is 0 Å². The summed E-state index contributed by atoms with van der Waals surface area (Å²) in [5.74, 6) is 1.05. The van der Waals surface area contributed by atoms with Crippen molar-refractivity contribution in [1.29, 1.82) is 0 Å². The molecular formula is C18H22N2O. The quantitative estimate of drug-likeness (QED) is 0.913. The first kappa shape index (κ1) is 14.1. The molecule has 0 bridgehead atoms. The molecule has 0 radical (unpaired) electrons. The van der Waals surface area contributed by atoms with Crippen LogP contribution in [-0.2, 0) is 12.8 Å². The number of pyridine rings is 1. The zero-order valence-corrected chi connectivity index (χ0v) is 12.5. The third-order valence-electron chi connectivity index (χ3n) is 4.18. The monoisotopic (exact) mass is 282 g/mol. The zero-order valence-electron chi connectivity index (χ0n) is 12.5. The van der Waals surface area contributed by atoms with Gasteiger partial charge in [-0.2, -0.15) is 0 Å². The van der Waals surface area contributed by atoms with E-state index in [0.29, 0.717) is 12.6 Å². The molecule has 0 spiro atoms. The third-order valence-corrected chi connectivity index (χ3v) is 4.18. The van der Waals surface area contributed by atoms with Crippen LogP contribution >= 0.6 is 0 Å². The van der Waals surface area contributed by atoms with Crippen molar-refractivity contribution in [3.8, 4) is 5.75 Å². The number of nitrogens with zero attached hydrogens (tertiary/aromatic N) is 1. The lowest BCUT2D eigenvalue weighted by atomic mass is 9.87. The van der Waals surface area contributed by atoms with Gasteiger partial charge >= 0.3 is 0 Å². The number of aromatic nitrogens is 1. The van der Waals surface area contributed by atoms with E-state index in [1.165, 1.54) is 29.5 Å². The summed E-state index contributed by atoms with van der Waals surface area (Å²) in [6, 6.07) is 11.0. The molecule has 0 amide bonds. The maximum absolute atomic E-state index is 6.05. The van der Waals surface area contributed by atoms with Gasteiger partial charge in [0.2, 0.25) is 0 Å². The topological polar surface area (TPSA) is 34.1 Å². The average Bonchev–Trinajstić information content (AvgIpc) is 2.55. The Kier molecular flexibility index (Phi) is 4.51. The minimum Gasteiger partial charge on any atom is -0.493 e. The first-order valence-electron chi connectivity index (χ1n) is 7.69. The van der Waals surface area contributed by atoms with Gasteiger partial charge in [0.15, 0.2) is 0 Å². The van der Waals surface area contributed by atoms with Crippen LogP contribution in [0.5, 0.6) is 5.75 Å². The summed E-state index contributed by atoms with van der Waals surface area (Å²) in [6.07, 6.45) is 8.16. The standard InChI is InChI=1S/C18H22N2O/c1-19-17-8-2-7-16-15(17)6-3-9-18(16)21-12-10-14-5-4-11-20-13-14/h3-6,9,11,13,17,19H,2,7-8,10,12H2,1H3. The van der Waals surface area contributed by atoms with Crippen molar-refractivity contribution in [2.24, 2.45) is 0 Å². The van der Waals surface area contributed by atoms with Crippen molar-refractivity contribution < 1.29 is 4.74 Å². The van der Waals surface area contributed by atoms with Crippen molar-refractivity contribution in [3.63, 3.8) is 0 Å². The predicted octanol–water partition coefficient (Wildman–Crippen LogP) is 3.30. The van der Waals surface area contributed by atoms with Gasteiger partial charge in [-0.15, -0.1) is 0 Å². The lowest BCUT2D eigenvalue weighted by Crippen LogP contribution is -2.22. The zero-order chi connectivity index (χ0) is 14.5. The summed E-state index contributed by atoms with van der Waals surface area (Å²) in [5, 5.41) is 3.41. The number of fused-ring (bicyclic) bond motifs is 1. The van der Waals surface area contributed by atoms with E-state index in [-0.39, 0.29) is 0 Å². The second kappa shape index (κ2) is 6.72. The molecule has 1 N–H and O–H groups in total. The average molecular weight is 282 g/mol. The van der Waals surface area contributed by atoms with Gasteiger partial charge in [-0.05, 0) is 55.1 Å². The number of ether oxygens (including phenoxy) is 1. The largest absolute Gasteiger partial charge is 0.493 e. The lowest BCUT2D eigenvalue weighted by Gasteiger charge is -2.26. The Morgan fingerprint density at radius 1 is 1.29 bits per heavy atom. The summed E-state index contributed by atoms with van der Waals surface area (Å²) >= 11 is 0. The Labute approximate surface area is 126 Å². The molecule has 1 heterocycles. The maximum Gasteiger partial charge on any atom is 0.122 e. The summed E-state index contributed by atoms with van der Waals surface area (Å²) < 4.78 is 6.05. The Hall–Kier alpha value is -1.87. The number of rotatable bonds is 5. The molecule has 1 aromatic heterocycles. The predicted molar refractivity (Wildman–Crippen MR) is 84.6 cm³/mol. The highest BCUT2D eigenvalue weighted by Gasteiger charge is 2.21. The Balaban J connectivity index is 1.69. The highest BCUT2D eigenvalue weighted by atomic mass is 16.5. The first-order valence-corrected chi connectivity index (χ1v) is 7.69. The smallest absolute Gasteiger partial charge is 0.122 e. The van der Waals surface area contributed by atoms with Gasteiger partial charge in [0.25, 0.3) is 0 Å². The molecule has 110 valence electrons. The fourth-order valence-electron chi connectivity index (χ4n) is 3.08. The second-order valence-electron chi connectivity index (χ2n) is 5.52. The lowest BCUT2D eigenvalue weighted by molar-refractivity contribution is 0.315. The van der Waals surface area contributed by atoms with Crippen molar-refractivity contribution in [2.45, 2.75) is 31.7 Å². The Morgan fingerprint density at radius 2 is 2.24 bits per heavy atom. The summed E-state index contributed by atoms with van der Waals surface area (Å²) in [5.41, 5.74) is 4.01. The van der Waals surface area contributed by atoms with Crippen LogP contribution in [-0.4, -0.2) is 18.6 Å². The van der Waals surface area contributed by atoms with Crippen molar-refractivity contribution in [3.05, 3.63) is 59.4 Å². The molecule has 1 aliphatic rings. The Bertz CT molecular complexity index is 583. The molecule has 0 fully saturated rings. The Morgan fingerprint density at radius 3 is 3.05 bits per heavy atom. The summed E-state index contributed by atoms with van der Waals surface area (Å²) in [4.78, 5) is 4.14. The number of hydrogen-bond donors (Lipinski definition) is 1. The maximum atomic E-state index is 6.05. The van der Waals surface area contributed by atoms with Crippen LogP contribution < -0.4 is 10.1 Å².